The van der Waals surface area contributed by atoms with Crippen molar-refractivity contribution in [2.24, 2.45) is 7.05 Å². The number of hydrogen-bond acceptors (Lipinski definition) is 4. The number of aromatic nitrogens is 5. The van der Waals surface area contributed by atoms with Gasteiger partial charge in [0.25, 0.3) is 5.65 Å². The largest absolute Gasteiger partial charge is 0.481 e. The standard InChI is InChI=1S/C8H9N5O2/c1-12-6-2-4-13(5-3-7(14)15)10-8(6)9-11-12/h2,4H,3,5H2,1H3/p+1. The summed E-state index contributed by atoms with van der Waals surface area (Å²) in [7, 11) is 1.78. The van der Waals surface area contributed by atoms with Crippen LogP contribution in [0, 0.1) is 0 Å². The van der Waals surface area contributed by atoms with Crippen LogP contribution in [0.1, 0.15) is 6.42 Å². The Kier molecular flexibility index (Phi) is 2.28. The summed E-state index contributed by atoms with van der Waals surface area (Å²) in [4.78, 5) is 10.4. The van der Waals surface area contributed by atoms with Gasteiger partial charge in [0.15, 0.2) is 12.7 Å². The van der Waals surface area contributed by atoms with Crippen molar-refractivity contribution in [3.8, 4) is 0 Å². The van der Waals surface area contributed by atoms with Crippen LogP contribution in [0.25, 0.3) is 11.2 Å². The molecule has 0 saturated carbocycles. The number of carboxylic acid groups (broad SMARTS) is 1. The highest BCUT2D eigenvalue weighted by Crippen LogP contribution is 2.01. The lowest BCUT2D eigenvalue weighted by molar-refractivity contribution is -0.750. The predicted octanol–water partition coefficient (Wildman–Crippen LogP) is -0.874. The van der Waals surface area contributed by atoms with Gasteiger partial charge in [-0.1, -0.05) is 9.90 Å². The summed E-state index contributed by atoms with van der Waals surface area (Å²) >= 11 is 0. The van der Waals surface area contributed by atoms with Crippen LogP contribution in [0.4, 0.5) is 0 Å². The smallest absolute Gasteiger partial charge is 0.309 e. The zero-order valence-corrected chi connectivity index (χ0v) is 8.16. The Hall–Kier alpha value is -2.05. The number of hydrogen-bond donors (Lipinski definition) is 1. The van der Waals surface area contributed by atoms with Crippen LogP contribution in [-0.2, 0) is 18.4 Å². The maximum absolute atomic E-state index is 10.4. The molecule has 0 amide bonds. The van der Waals surface area contributed by atoms with E-state index in [1.165, 1.54) is 0 Å². The first-order valence-electron chi connectivity index (χ1n) is 4.45. The fraction of sp³-hybridized carbons (Fsp3) is 0.375. The van der Waals surface area contributed by atoms with Gasteiger partial charge in [-0.05, 0) is 0 Å². The van der Waals surface area contributed by atoms with Crippen LogP contribution in [-0.4, -0.2) is 31.2 Å². The zero-order chi connectivity index (χ0) is 10.8. The Morgan fingerprint density at radius 1 is 1.67 bits per heavy atom. The van der Waals surface area contributed by atoms with Crippen LogP contribution in [0.3, 0.4) is 0 Å². The minimum absolute atomic E-state index is 0.0451. The van der Waals surface area contributed by atoms with Gasteiger partial charge in [-0.25, -0.2) is 4.68 Å². The van der Waals surface area contributed by atoms with Crippen molar-refractivity contribution in [1.29, 1.82) is 0 Å². The number of fused-ring (bicyclic) bond motifs is 1. The average molecular weight is 208 g/mol. The summed E-state index contributed by atoms with van der Waals surface area (Å²) < 4.78 is 3.16. The van der Waals surface area contributed by atoms with Gasteiger partial charge >= 0.3 is 5.97 Å². The zero-order valence-electron chi connectivity index (χ0n) is 8.16. The number of carboxylic acids is 1. The van der Waals surface area contributed by atoms with E-state index in [0.717, 1.165) is 5.52 Å². The molecule has 78 valence electrons. The normalized spacial score (nSPS) is 10.7. The van der Waals surface area contributed by atoms with E-state index in [-0.39, 0.29) is 6.42 Å². The van der Waals surface area contributed by atoms with Gasteiger partial charge in [-0.3, -0.25) is 4.79 Å². The number of nitrogens with zero attached hydrogens (tertiary/aromatic N) is 5. The summed E-state index contributed by atoms with van der Waals surface area (Å²) in [6.45, 7) is 0.335. The molecular weight excluding hydrogens is 198 g/mol. The second-order valence-electron chi connectivity index (χ2n) is 3.14. The average Bonchev–Trinajstić information content (AvgIpc) is 2.57. The third-order valence-electron chi connectivity index (χ3n) is 2.03. The Morgan fingerprint density at radius 3 is 3.20 bits per heavy atom. The first kappa shape index (κ1) is 9.50. The van der Waals surface area contributed by atoms with Crippen LogP contribution in [0.2, 0.25) is 0 Å². The number of carbonyl (C=O) groups is 1. The van der Waals surface area contributed by atoms with Crippen molar-refractivity contribution in [2.45, 2.75) is 13.0 Å². The third kappa shape index (κ3) is 1.90. The molecule has 0 fully saturated rings. The minimum Gasteiger partial charge on any atom is -0.481 e. The van der Waals surface area contributed by atoms with E-state index in [9.17, 15) is 4.79 Å². The molecule has 2 aromatic rings. The van der Waals surface area contributed by atoms with Gasteiger partial charge in [-0.2, -0.15) is 0 Å². The van der Waals surface area contributed by atoms with Crippen molar-refractivity contribution in [2.75, 3.05) is 0 Å². The molecule has 0 radical (unpaired) electrons. The Morgan fingerprint density at radius 2 is 2.47 bits per heavy atom. The van der Waals surface area contributed by atoms with Gasteiger partial charge in [-0.15, -0.1) is 5.10 Å². The predicted molar refractivity (Wildman–Crippen MR) is 48.8 cm³/mol. The topological polar surface area (TPSA) is 84.8 Å². The summed E-state index contributed by atoms with van der Waals surface area (Å²) in [5, 5.41) is 20.3. The fourth-order valence-corrected chi connectivity index (χ4v) is 1.25. The van der Waals surface area contributed by atoms with Gasteiger partial charge in [0.1, 0.15) is 11.9 Å². The SMILES string of the molecule is Cn1nnc2n[n+](CCC(=O)O)ccc21. The highest BCUT2D eigenvalue weighted by atomic mass is 16.4. The van der Waals surface area contributed by atoms with Gasteiger partial charge in [0.2, 0.25) is 0 Å². The molecule has 0 spiro atoms. The van der Waals surface area contributed by atoms with Crippen molar-refractivity contribution in [3.63, 3.8) is 0 Å². The molecule has 2 rings (SSSR count). The lowest BCUT2D eigenvalue weighted by Crippen LogP contribution is -2.38. The maximum Gasteiger partial charge on any atom is 0.309 e. The number of aryl methyl sites for hydroxylation is 2. The first-order chi connectivity index (χ1) is 7.16. The molecule has 15 heavy (non-hydrogen) atoms. The summed E-state index contributed by atoms with van der Waals surface area (Å²) in [5.41, 5.74) is 1.34. The van der Waals surface area contributed by atoms with Gasteiger partial charge in [0, 0.05) is 18.2 Å². The molecule has 0 bridgehead atoms. The number of aliphatic carboxylic acids is 1. The molecule has 0 unspecified atom stereocenters. The van der Waals surface area contributed by atoms with E-state index in [0.29, 0.717) is 12.2 Å². The highest BCUT2D eigenvalue weighted by Gasteiger charge is 2.11. The van der Waals surface area contributed by atoms with Crippen LogP contribution in [0.5, 0.6) is 0 Å². The van der Waals surface area contributed by atoms with E-state index >= 15 is 0 Å². The van der Waals surface area contributed by atoms with Crippen LogP contribution < -0.4 is 4.68 Å². The molecule has 7 nitrogen and oxygen atoms in total. The molecule has 0 aromatic carbocycles. The molecule has 0 atom stereocenters. The van der Waals surface area contributed by atoms with Crippen molar-refractivity contribution in [3.05, 3.63) is 12.3 Å². The second-order valence-corrected chi connectivity index (χ2v) is 3.14. The van der Waals surface area contributed by atoms with Crippen molar-refractivity contribution in [1.82, 2.24) is 20.1 Å². The van der Waals surface area contributed by atoms with Crippen molar-refractivity contribution < 1.29 is 14.6 Å². The molecule has 0 saturated heterocycles. The number of rotatable bonds is 3. The monoisotopic (exact) mass is 208 g/mol. The van der Waals surface area contributed by atoms with Gasteiger partial charge < -0.3 is 5.11 Å². The van der Waals surface area contributed by atoms with Crippen molar-refractivity contribution >= 4 is 17.1 Å². The van der Waals surface area contributed by atoms with Crippen LogP contribution >= 0.6 is 0 Å². The minimum atomic E-state index is -0.844. The first-order valence-corrected chi connectivity index (χ1v) is 4.45. The third-order valence-corrected chi connectivity index (χ3v) is 2.03. The molecule has 7 heteroatoms. The Labute approximate surface area is 84.9 Å². The van der Waals surface area contributed by atoms with E-state index in [2.05, 4.69) is 15.4 Å². The highest BCUT2D eigenvalue weighted by molar-refractivity contribution is 5.67. The molecule has 0 aliphatic carbocycles. The van der Waals surface area contributed by atoms with Crippen LogP contribution in [0.15, 0.2) is 12.3 Å². The van der Waals surface area contributed by atoms with E-state index in [1.54, 1.807) is 22.6 Å². The lowest BCUT2D eigenvalue weighted by Gasteiger charge is -1.91. The lowest BCUT2D eigenvalue weighted by atomic mass is 10.4. The summed E-state index contributed by atoms with van der Waals surface area (Å²) in [5.74, 6) is -0.844. The summed E-state index contributed by atoms with van der Waals surface area (Å²) in [6, 6.07) is 1.81. The molecule has 2 aromatic heterocycles. The van der Waals surface area contributed by atoms with E-state index in [4.69, 9.17) is 5.11 Å². The summed E-state index contributed by atoms with van der Waals surface area (Å²) in [6.07, 6.45) is 1.76. The molecule has 2 heterocycles. The van der Waals surface area contributed by atoms with E-state index in [1.807, 2.05) is 6.07 Å². The molecule has 0 aliphatic rings. The fourth-order valence-electron chi connectivity index (χ4n) is 1.25. The Bertz CT molecular complexity index is 507. The molecular formula is C8H10N5O2+. The quantitative estimate of drug-likeness (QED) is 0.662. The molecule has 1 N–H and O–H groups in total. The second kappa shape index (κ2) is 3.60. The molecule has 0 aliphatic heterocycles. The van der Waals surface area contributed by atoms with Gasteiger partial charge in [0.05, 0.1) is 0 Å². The maximum atomic E-state index is 10.4. The Balaban J connectivity index is 2.27. The van der Waals surface area contributed by atoms with E-state index < -0.39 is 5.97 Å².